The van der Waals surface area contributed by atoms with Crippen molar-refractivity contribution in [2.24, 2.45) is 0 Å². The van der Waals surface area contributed by atoms with Crippen LogP contribution in [0.15, 0.2) is 24.3 Å². The lowest BCUT2D eigenvalue weighted by atomic mass is 10.1. The summed E-state index contributed by atoms with van der Waals surface area (Å²) >= 11 is 0. The minimum absolute atomic E-state index is 0.139. The third-order valence-corrected chi connectivity index (χ3v) is 2.80. The fourth-order valence-corrected chi connectivity index (χ4v) is 1.49. The SMILES string of the molecule is Cc1ccc(C(=O)Nc2n[nH]c(C)c2C)cc1. The standard InChI is InChI=1S/C13H15N3O/c1-8-4-6-11(7-5-8)13(17)14-12-9(2)10(3)15-16-12/h4-7H,1-3H3,(H2,14,15,16,17). The zero-order valence-corrected chi connectivity index (χ0v) is 10.2. The predicted octanol–water partition coefficient (Wildman–Crippen LogP) is 2.59. The molecule has 0 spiro atoms. The molecule has 4 heteroatoms. The molecule has 1 aromatic carbocycles. The minimum atomic E-state index is -0.139. The third-order valence-electron chi connectivity index (χ3n) is 2.80. The lowest BCUT2D eigenvalue weighted by molar-refractivity contribution is 0.102. The molecule has 2 aromatic rings. The van der Waals surface area contributed by atoms with Gasteiger partial charge in [0, 0.05) is 16.8 Å². The zero-order valence-electron chi connectivity index (χ0n) is 10.2. The first-order valence-corrected chi connectivity index (χ1v) is 5.47. The molecule has 1 heterocycles. The fraction of sp³-hybridized carbons (Fsp3) is 0.231. The Morgan fingerprint density at radius 1 is 1.18 bits per heavy atom. The van der Waals surface area contributed by atoms with E-state index in [0.717, 1.165) is 16.8 Å². The summed E-state index contributed by atoms with van der Waals surface area (Å²) in [5.41, 5.74) is 3.69. The molecule has 0 radical (unpaired) electrons. The van der Waals surface area contributed by atoms with Gasteiger partial charge < -0.3 is 5.32 Å². The van der Waals surface area contributed by atoms with Crippen LogP contribution in [0.5, 0.6) is 0 Å². The van der Waals surface area contributed by atoms with Gasteiger partial charge in [-0.15, -0.1) is 0 Å². The first kappa shape index (κ1) is 11.4. The van der Waals surface area contributed by atoms with Crippen molar-refractivity contribution in [1.82, 2.24) is 10.2 Å². The number of carbonyl (C=O) groups is 1. The highest BCUT2D eigenvalue weighted by Gasteiger charge is 2.10. The Hall–Kier alpha value is -2.10. The van der Waals surface area contributed by atoms with Crippen molar-refractivity contribution in [2.75, 3.05) is 5.32 Å². The third kappa shape index (κ3) is 2.36. The van der Waals surface area contributed by atoms with E-state index in [4.69, 9.17) is 0 Å². The van der Waals surface area contributed by atoms with E-state index in [2.05, 4.69) is 15.5 Å². The van der Waals surface area contributed by atoms with Crippen molar-refractivity contribution in [1.29, 1.82) is 0 Å². The van der Waals surface area contributed by atoms with Gasteiger partial charge in [-0.1, -0.05) is 17.7 Å². The fourth-order valence-electron chi connectivity index (χ4n) is 1.49. The molecule has 88 valence electrons. The monoisotopic (exact) mass is 229 g/mol. The van der Waals surface area contributed by atoms with Gasteiger partial charge in [-0.2, -0.15) is 5.10 Å². The molecule has 0 fully saturated rings. The number of amides is 1. The van der Waals surface area contributed by atoms with Gasteiger partial charge >= 0.3 is 0 Å². The molecule has 2 N–H and O–H groups in total. The number of aromatic amines is 1. The summed E-state index contributed by atoms with van der Waals surface area (Å²) < 4.78 is 0. The van der Waals surface area contributed by atoms with Gasteiger partial charge in [0.25, 0.3) is 5.91 Å². The molecule has 0 aliphatic rings. The van der Waals surface area contributed by atoms with Crippen LogP contribution in [0.3, 0.4) is 0 Å². The Kier molecular flexibility index (Phi) is 2.95. The predicted molar refractivity (Wildman–Crippen MR) is 67.2 cm³/mol. The lowest BCUT2D eigenvalue weighted by Gasteiger charge is -2.03. The van der Waals surface area contributed by atoms with Crippen LogP contribution < -0.4 is 5.32 Å². The van der Waals surface area contributed by atoms with E-state index in [0.29, 0.717) is 11.4 Å². The van der Waals surface area contributed by atoms with E-state index < -0.39 is 0 Å². The molecule has 0 unspecified atom stereocenters. The molecule has 1 aromatic heterocycles. The summed E-state index contributed by atoms with van der Waals surface area (Å²) in [7, 11) is 0. The molecule has 0 bridgehead atoms. The topological polar surface area (TPSA) is 57.8 Å². The van der Waals surface area contributed by atoms with Gasteiger partial charge in [-0.25, -0.2) is 0 Å². The molecule has 0 atom stereocenters. The van der Waals surface area contributed by atoms with Crippen molar-refractivity contribution in [3.05, 3.63) is 46.6 Å². The van der Waals surface area contributed by atoms with E-state index in [-0.39, 0.29) is 5.91 Å². The van der Waals surface area contributed by atoms with Crippen molar-refractivity contribution in [3.8, 4) is 0 Å². The first-order chi connectivity index (χ1) is 8.08. The normalized spacial score (nSPS) is 10.3. The van der Waals surface area contributed by atoms with E-state index in [1.165, 1.54) is 0 Å². The average molecular weight is 229 g/mol. The Labute approximate surface area is 100 Å². The quantitative estimate of drug-likeness (QED) is 0.831. The first-order valence-electron chi connectivity index (χ1n) is 5.47. The number of aromatic nitrogens is 2. The summed E-state index contributed by atoms with van der Waals surface area (Å²) in [5, 5.41) is 9.67. The van der Waals surface area contributed by atoms with Crippen LogP contribution in [0, 0.1) is 20.8 Å². The maximum Gasteiger partial charge on any atom is 0.256 e. The lowest BCUT2D eigenvalue weighted by Crippen LogP contribution is -2.12. The zero-order chi connectivity index (χ0) is 12.4. The van der Waals surface area contributed by atoms with Gasteiger partial charge in [0.1, 0.15) is 0 Å². The van der Waals surface area contributed by atoms with Crippen LogP contribution in [0.25, 0.3) is 0 Å². The number of nitrogens with one attached hydrogen (secondary N) is 2. The Morgan fingerprint density at radius 3 is 2.35 bits per heavy atom. The van der Waals surface area contributed by atoms with Crippen LogP contribution in [-0.4, -0.2) is 16.1 Å². The molecular formula is C13H15N3O. The Balaban J connectivity index is 2.17. The van der Waals surface area contributed by atoms with Gasteiger partial charge in [0.05, 0.1) is 0 Å². The molecule has 0 aliphatic carbocycles. The Morgan fingerprint density at radius 2 is 1.82 bits per heavy atom. The van der Waals surface area contributed by atoms with Crippen molar-refractivity contribution in [2.45, 2.75) is 20.8 Å². The van der Waals surface area contributed by atoms with E-state index in [1.807, 2.05) is 32.9 Å². The summed E-state index contributed by atoms with van der Waals surface area (Å²) in [6.07, 6.45) is 0. The van der Waals surface area contributed by atoms with E-state index in [9.17, 15) is 4.79 Å². The summed E-state index contributed by atoms with van der Waals surface area (Å²) in [6.45, 7) is 5.83. The van der Waals surface area contributed by atoms with Crippen LogP contribution in [0.2, 0.25) is 0 Å². The van der Waals surface area contributed by atoms with Crippen molar-refractivity contribution in [3.63, 3.8) is 0 Å². The second-order valence-corrected chi connectivity index (χ2v) is 4.14. The van der Waals surface area contributed by atoms with Crippen LogP contribution >= 0.6 is 0 Å². The molecule has 17 heavy (non-hydrogen) atoms. The molecule has 1 amide bonds. The number of anilines is 1. The second-order valence-electron chi connectivity index (χ2n) is 4.14. The molecular weight excluding hydrogens is 214 g/mol. The summed E-state index contributed by atoms with van der Waals surface area (Å²) in [5.74, 6) is 0.452. The smallest absolute Gasteiger partial charge is 0.256 e. The largest absolute Gasteiger partial charge is 0.305 e. The van der Waals surface area contributed by atoms with Crippen LogP contribution in [-0.2, 0) is 0 Å². The average Bonchev–Trinajstić information content (AvgIpc) is 2.62. The Bertz CT molecular complexity index is 540. The highest BCUT2D eigenvalue weighted by molar-refractivity contribution is 6.04. The number of carbonyl (C=O) groups excluding carboxylic acids is 1. The number of H-pyrrole nitrogens is 1. The van der Waals surface area contributed by atoms with Crippen molar-refractivity contribution < 1.29 is 4.79 Å². The minimum Gasteiger partial charge on any atom is -0.305 e. The maximum atomic E-state index is 11.9. The van der Waals surface area contributed by atoms with Gasteiger partial charge in [0.15, 0.2) is 5.82 Å². The summed E-state index contributed by atoms with van der Waals surface area (Å²) in [4.78, 5) is 11.9. The van der Waals surface area contributed by atoms with Gasteiger partial charge in [0.2, 0.25) is 0 Å². The number of hydrogen-bond donors (Lipinski definition) is 2. The molecule has 4 nitrogen and oxygen atoms in total. The number of aryl methyl sites for hydroxylation is 2. The van der Waals surface area contributed by atoms with Gasteiger partial charge in [-0.3, -0.25) is 9.89 Å². The number of benzene rings is 1. The van der Waals surface area contributed by atoms with Crippen LogP contribution in [0.1, 0.15) is 27.2 Å². The van der Waals surface area contributed by atoms with E-state index in [1.54, 1.807) is 12.1 Å². The van der Waals surface area contributed by atoms with Crippen LogP contribution in [0.4, 0.5) is 5.82 Å². The van der Waals surface area contributed by atoms with Gasteiger partial charge in [-0.05, 0) is 32.9 Å². The molecule has 0 saturated carbocycles. The molecule has 2 rings (SSSR count). The second kappa shape index (κ2) is 4.41. The summed E-state index contributed by atoms with van der Waals surface area (Å²) in [6, 6.07) is 7.44. The highest BCUT2D eigenvalue weighted by Crippen LogP contribution is 2.15. The van der Waals surface area contributed by atoms with E-state index >= 15 is 0 Å². The number of nitrogens with zero attached hydrogens (tertiary/aromatic N) is 1. The van der Waals surface area contributed by atoms with Crippen molar-refractivity contribution >= 4 is 11.7 Å². The number of rotatable bonds is 2. The molecule has 0 aliphatic heterocycles. The maximum absolute atomic E-state index is 11.9. The molecule has 0 saturated heterocycles. The number of hydrogen-bond acceptors (Lipinski definition) is 2. The highest BCUT2D eigenvalue weighted by atomic mass is 16.1.